The van der Waals surface area contributed by atoms with Crippen LogP contribution >= 0.6 is 0 Å². The molecule has 0 bridgehead atoms. The Labute approximate surface area is 113 Å². The van der Waals surface area contributed by atoms with Crippen LogP contribution < -0.4 is 4.90 Å². The summed E-state index contributed by atoms with van der Waals surface area (Å²) in [5.74, 6) is -0.272. The zero-order chi connectivity index (χ0) is 14.0. The predicted octanol–water partition coefficient (Wildman–Crippen LogP) is 0.754. The Hall–Kier alpha value is -1.18. The van der Waals surface area contributed by atoms with E-state index in [0.29, 0.717) is 31.9 Å². The van der Waals surface area contributed by atoms with E-state index < -0.39 is 10.2 Å². The second-order valence-electron chi connectivity index (χ2n) is 4.63. The van der Waals surface area contributed by atoms with Gasteiger partial charge in [0.05, 0.1) is 5.69 Å². The Morgan fingerprint density at radius 1 is 1.11 bits per heavy atom. The fraction of sp³-hybridized carbons (Fsp3) is 0.500. The van der Waals surface area contributed by atoms with Crippen LogP contribution in [0.5, 0.6) is 0 Å². The van der Waals surface area contributed by atoms with Crippen molar-refractivity contribution in [1.82, 2.24) is 8.61 Å². The van der Waals surface area contributed by atoms with Gasteiger partial charge >= 0.3 is 0 Å². The van der Waals surface area contributed by atoms with E-state index in [4.69, 9.17) is 0 Å². The SMILES string of the molecule is CN(C)S(=O)(=O)N1CCN(c2ccccc2F)CC1. The van der Waals surface area contributed by atoms with Crippen LogP contribution in [-0.2, 0) is 10.2 Å². The number of para-hydroxylation sites is 1. The first-order chi connectivity index (χ1) is 8.93. The first-order valence-electron chi connectivity index (χ1n) is 6.10. The normalized spacial score (nSPS) is 18.0. The maximum absolute atomic E-state index is 13.7. The molecule has 2 rings (SSSR count). The summed E-state index contributed by atoms with van der Waals surface area (Å²) in [4.78, 5) is 1.87. The summed E-state index contributed by atoms with van der Waals surface area (Å²) in [6.07, 6.45) is 0. The van der Waals surface area contributed by atoms with Crippen molar-refractivity contribution in [1.29, 1.82) is 0 Å². The Bertz CT molecular complexity index is 540. The lowest BCUT2D eigenvalue weighted by Crippen LogP contribution is -2.51. The first-order valence-corrected chi connectivity index (χ1v) is 7.49. The van der Waals surface area contributed by atoms with Crippen molar-refractivity contribution in [3.05, 3.63) is 30.1 Å². The molecule has 1 aliphatic heterocycles. The second kappa shape index (κ2) is 5.44. The van der Waals surface area contributed by atoms with Crippen molar-refractivity contribution in [2.24, 2.45) is 0 Å². The maximum Gasteiger partial charge on any atom is 0.281 e. The van der Waals surface area contributed by atoms with Crippen LogP contribution in [0.1, 0.15) is 0 Å². The topological polar surface area (TPSA) is 43.9 Å². The van der Waals surface area contributed by atoms with Gasteiger partial charge < -0.3 is 4.90 Å². The highest BCUT2D eigenvalue weighted by atomic mass is 32.2. The van der Waals surface area contributed by atoms with E-state index >= 15 is 0 Å². The molecule has 0 saturated carbocycles. The molecule has 0 atom stereocenters. The molecule has 5 nitrogen and oxygen atoms in total. The van der Waals surface area contributed by atoms with Gasteiger partial charge in [0.15, 0.2) is 0 Å². The lowest BCUT2D eigenvalue weighted by Gasteiger charge is -2.36. The van der Waals surface area contributed by atoms with Crippen LogP contribution in [0.15, 0.2) is 24.3 Å². The average Bonchev–Trinajstić information content (AvgIpc) is 2.39. The van der Waals surface area contributed by atoms with Crippen LogP contribution in [0.25, 0.3) is 0 Å². The predicted molar refractivity (Wildman–Crippen MR) is 72.8 cm³/mol. The van der Waals surface area contributed by atoms with Crippen molar-refractivity contribution < 1.29 is 12.8 Å². The molecular formula is C12H18FN3O2S. The largest absolute Gasteiger partial charge is 0.367 e. The highest BCUT2D eigenvalue weighted by molar-refractivity contribution is 7.86. The van der Waals surface area contributed by atoms with Crippen LogP contribution in [0, 0.1) is 5.82 Å². The molecule has 1 aliphatic rings. The summed E-state index contributed by atoms with van der Waals surface area (Å²) in [7, 11) is -0.344. The molecule has 1 saturated heterocycles. The highest BCUT2D eigenvalue weighted by Crippen LogP contribution is 2.21. The Balaban J connectivity index is 2.06. The van der Waals surface area contributed by atoms with E-state index in [1.165, 1.54) is 28.8 Å². The zero-order valence-corrected chi connectivity index (χ0v) is 11.9. The molecule has 0 N–H and O–H groups in total. The fourth-order valence-electron chi connectivity index (χ4n) is 2.10. The summed E-state index contributed by atoms with van der Waals surface area (Å²) in [6.45, 7) is 1.73. The van der Waals surface area contributed by atoms with Crippen LogP contribution in [0.3, 0.4) is 0 Å². The highest BCUT2D eigenvalue weighted by Gasteiger charge is 2.29. The van der Waals surface area contributed by atoms with E-state index in [2.05, 4.69) is 0 Å². The quantitative estimate of drug-likeness (QED) is 0.824. The lowest BCUT2D eigenvalue weighted by atomic mass is 10.2. The second-order valence-corrected chi connectivity index (χ2v) is 6.77. The number of hydrogen-bond acceptors (Lipinski definition) is 3. The number of halogens is 1. The first kappa shape index (κ1) is 14.2. The smallest absolute Gasteiger partial charge is 0.281 e. The fourth-order valence-corrected chi connectivity index (χ4v) is 3.19. The molecule has 1 aromatic carbocycles. The Morgan fingerprint density at radius 2 is 1.68 bits per heavy atom. The third-order valence-electron chi connectivity index (χ3n) is 3.22. The molecule has 1 heterocycles. The number of benzene rings is 1. The van der Waals surface area contributed by atoms with Gasteiger partial charge in [-0.25, -0.2) is 4.39 Å². The van der Waals surface area contributed by atoms with Crippen molar-refractivity contribution in [3.8, 4) is 0 Å². The molecule has 7 heteroatoms. The van der Waals surface area contributed by atoms with Gasteiger partial charge in [-0.1, -0.05) is 12.1 Å². The third-order valence-corrected chi connectivity index (χ3v) is 5.16. The van der Waals surface area contributed by atoms with Crippen LogP contribution in [-0.4, -0.2) is 57.3 Å². The number of anilines is 1. The van der Waals surface area contributed by atoms with Gasteiger partial charge in [0, 0.05) is 40.3 Å². The van der Waals surface area contributed by atoms with Crippen molar-refractivity contribution in [3.63, 3.8) is 0 Å². The number of rotatable bonds is 3. The molecule has 0 spiro atoms. The van der Waals surface area contributed by atoms with E-state index in [-0.39, 0.29) is 5.82 Å². The van der Waals surface area contributed by atoms with E-state index in [1.807, 2.05) is 4.90 Å². The van der Waals surface area contributed by atoms with Gasteiger partial charge in [0.1, 0.15) is 5.82 Å². The lowest BCUT2D eigenvalue weighted by molar-refractivity contribution is 0.354. The minimum Gasteiger partial charge on any atom is -0.367 e. The summed E-state index contributed by atoms with van der Waals surface area (Å²) in [5.41, 5.74) is 0.532. The molecule has 1 aromatic rings. The zero-order valence-electron chi connectivity index (χ0n) is 11.1. The molecule has 0 aliphatic carbocycles. The molecule has 1 fully saturated rings. The van der Waals surface area contributed by atoms with E-state index in [9.17, 15) is 12.8 Å². The van der Waals surface area contributed by atoms with Gasteiger partial charge in [-0.15, -0.1) is 0 Å². The summed E-state index contributed by atoms with van der Waals surface area (Å²) in [6, 6.07) is 6.55. The Morgan fingerprint density at radius 3 is 2.21 bits per heavy atom. The minimum atomic E-state index is -3.37. The van der Waals surface area contributed by atoms with Gasteiger partial charge in [0.2, 0.25) is 0 Å². The maximum atomic E-state index is 13.7. The van der Waals surface area contributed by atoms with Gasteiger partial charge in [-0.3, -0.25) is 0 Å². The number of piperazine rings is 1. The van der Waals surface area contributed by atoms with Crippen molar-refractivity contribution in [2.75, 3.05) is 45.2 Å². The number of nitrogens with zero attached hydrogens (tertiary/aromatic N) is 3. The average molecular weight is 287 g/mol. The van der Waals surface area contributed by atoms with Gasteiger partial charge in [-0.05, 0) is 12.1 Å². The third kappa shape index (κ3) is 2.88. The van der Waals surface area contributed by atoms with E-state index in [0.717, 1.165) is 0 Å². The molecule has 0 unspecified atom stereocenters. The van der Waals surface area contributed by atoms with Crippen LogP contribution in [0.2, 0.25) is 0 Å². The van der Waals surface area contributed by atoms with Crippen molar-refractivity contribution in [2.45, 2.75) is 0 Å². The summed E-state index contributed by atoms with van der Waals surface area (Å²) < 4.78 is 40.2. The molecule has 0 radical (unpaired) electrons. The molecular weight excluding hydrogens is 269 g/mol. The molecule has 0 amide bonds. The summed E-state index contributed by atoms with van der Waals surface area (Å²) in [5, 5.41) is 0. The summed E-state index contributed by atoms with van der Waals surface area (Å²) >= 11 is 0. The Kier molecular flexibility index (Phi) is 4.07. The standard InChI is InChI=1S/C12H18FN3O2S/c1-14(2)19(17,18)16-9-7-15(8-10-16)12-6-4-3-5-11(12)13/h3-6H,7-10H2,1-2H3. The minimum absolute atomic E-state index is 0.272. The molecule has 106 valence electrons. The van der Waals surface area contributed by atoms with Crippen LogP contribution in [0.4, 0.5) is 10.1 Å². The molecule has 19 heavy (non-hydrogen) atoms. The van der Waals surface area contributed by atoms with Crippen molar-refractivity contribution >= 4 is 15.9 Å². The number of hydrogen-bond donors (Lipinski definition) is 0. The van der Waals surface area contributed by atoms with Gasteiger partial charge in [-0.2, -0.15) is 17.0 Å². The van der Waals surface area contributed by atoms with Gasteiger partial charge in [0.25, 0.3) is 10.2 Å². The van der Waals surface area contributed by atoms with E-state index in [1.54, 1.807) is 18.2 Å². The monoisotopic (exact) mass is 287 g/mol. The molecule has 0 aromatic heterocycles.